The lowest BCUT2D eigenvalue weighted by atomic mass is 10.2. The zero-order valence-electron chi connectivity index (χ0n) is 8.19. The molecule has 1 unspecified atom stereocenters. The Morgan fingerprint density at radius 1 is 1.43 bits per heavy atom. The molecule has 76 valence electrons. The summed E-state index contributed by atoms with van der Waals surface area (Å²) in [5.41, 5.74) is 1.15. The van der Waals surface area contributed by atoms with E-state index in [0.29, 0.717) is 6.54 Å². The molecule has 0 aliphatic carbocycles. The van der Waals surface area contributed by atoms with Crippen LogP contribution in [0.1, 0.15) is 18.9 Å². The third kappa shape index (κ3) is 4.05. The number of benzene rings is 1. The van der Waals surface area contributed by atoms with Crippen LogP contribution in [0.15, 0.2) is 30.3 Å². The van der Waals surface area contributed by atoms with E-state index in [2.05, 4.69) is 5.32 Å². The van der Waals surface area contributed by atoms with E-state index in [1.54, 1.807) is 0 Å². The molecule has 1 atom stereocenters. The number of carboxylic acid groups (broad SMARTS) is 1. The molecule has 1 aromatic carbocycles. The van der Waals surface area contributed by atoms with Crippen molar-refractivity contribution in [1.82, 2.24) is 5.32 Å². The molecule has 1 N–H and O–H groups in total. The molecule has 0 aliphatic rings. The van der Waals surface area contributed by atoms with Gasteiger partial charge in [-0.15, -0.1) is 0 Å². The van der Waals surface area contributed by atoms with Crippen molar-refractivity contribution in [2.24, 2.45) is 0 Å². The van der Waals surface area contributed by atoms with Crippen molar-refractivity contribution in [1.29, 1.82) is 0 Å². The molecular weight excluding hydrogens is 178 g/mol. The van der Waals surface area contributed by atoms with Crippen LogP contribution in [0.3, 0.4) is 0 Å². The lowest BCUT2D eigenvalue weighted by Crippen LogP contribution is -2.33. The molecule has 0 spiro atoms. The SMILES string of the molecule is CC(CC(=O)[O-])NCc1ccccc1. The average Bonchev–Trinajstić information content (AvgIpc) is 2.15. The van der Waals surface area contributed by atoms with E-state index in [1.807, 2.05) is 37.3 Å². The van der Waals surface area contributed by atoms with E-state index in [4.69, 9.17) is 0 Å². The molecule has 0 radical (unpaired) electrons. The van der Waals surface area contributed by atoms with Gasteiger partial charge in [-0.2, -0.15) is 0 Å². The number of carbonyl (C=O) groups is 1. The number of aliphatic carboxylic acids is 1. The highest BCUT2D eigenvalue weighted by Crippen LogP contribution is 1.99. The van der Waals surface area contributed by atoms with Crippen molar-refractivity contribution in [3.05, 3.63) is 35.9 Å². The second-order valence-corrected chi connectivity index (χ2v) is 3.34. The first kappa shape index (κ1) is 10.7. The van der Waals surface area contributed by atoms with Crippen LogP contribution in [0, 0.1) is 0 Å². The Bertz CT molecular complexity index is 285. The molecule has 0 bridgehead atoms. The number of hydrogen-bond acceptors (Lipinski definition) is 3. The van der Waals surface area contributed by atoms with Gasteiger partial charge in [-0.05, 0) is 12.5 Å². The highest BCUT2D eigenvalue weighted by molar-refractivity contribution is 5.64. The maximum Gasteiger partial charge on any atom is 0.0429 e. The number of carboxylic acids is 1. The predicted octanol–water partition coefficient (Wildman–Crippen LogP) is 0.305. The minimum Gasteiger partial charge on any atom is -0.550 e. The zero-order chi connectivity index (χ0) is 10.4. The summed E-state index contributed by atoms with van der Waals surface area (Å²) in [6.07, 6.45) is 0.0484. The highest BCUT2D eigenvalue weighted by atomic mass is 16.4. The van der Waals surface area contributed by atoms with Crippen LogP contribution in [0.4, 0.5) is 0 Å². The van der Waals surface area contributed by atoms with Crippen molar-refractivity contribution in [2.45, 2.75) is 25.9 Å². The van der Waals surface area contributed by atoms with Gasteiger partial charge in [-0.1, -0.05) is 30.3 Å². The Morgan fingerprint density at radius 2 is 2.07 bits per heavy atom. The molecule has 0 heterocycles. The minimum absolute atomic E-state index is 0.0484. The van der Waals surface area contributed by atoms with E-state index in [9.17, 15) is 9.90 Å². The van der Waals surface area contributed by atoms with Crippen molar-refractivity contribution in [2.75, 3.05) is 0 Å². The largest absolute Gasteiger partial charge is 0.550 e. The number of hydrogen-bond donors (Lipinski definition) is 1. The van der Waals surface area contributed by atoms with Gasteiger partial charge in [0.25, 0.3) is 0 Å². The van der Waals surface area contributed by atoms with Gasteiger partial charge >= 0.3 is 0 Å². The minimum atomic E-state index is -1.02. The summed E-state index contributed by atoms with van der Waals surface area (Å²) in [7, 11) is 0. The Kier molecular flexibility index (Phi) is 4.13. The van der Waals surface area contributed by atoms with Crippen LogP contribution in [-0.2, 0) is 11.3 Å². The average molecular weight is 192 g/mol. The van der Waals surface area contributed by atoms with Gasteiger partial charge in [0, 0.05) is 25.0 Å². The molecule has 1 aromatic rings. The Labute approximate surface area is 83.8 Å². The van der Waals surface area contributed by atoms with Crippen LogP contribution < -0.4 is 10.4 Å². The molecule has 0 aliphatic heterocycles. The van der Waals surface area contributed by atoms with Crippen LogP contribution in [-0.4, -0.2) is 12.0 Å². The summed E-state index contributed by atoms with van der Waals surface area (Å²) >= 11 is 0. The highest BCUT2D eigenvalue weighted by Gasteiger charge is 2.00. The molecular formula is C11H14NO2-. The molecule has 3 nitrogen and oxygen atoms in total. The van der Waals surface area contributed by atoms with Crippen molar-refractivity contribution < 1.29 is 9.90 Å². The maximum absolute atomic E-state index is 10.3. The van der Waals surface area contributed by atoms with Crippen molar-refractivity contribution >= 4 is 5.97 Å². The van der Waals surface area contributed by atoms with Crippen molar-refractivity contribution in [3.63, 3.8) is 0 Å². The molecule has 0 saturated heterocycles. The first-order valence-corrected chi connectivity index (χ1v) is 4.65. The smallest absolute Gasteiger partial charge is 0.0429 e. The Balaban J connectivity index is 2.30. The van der Waals surface area contributed by atoms with Gasteiger partial charge in [0.05, 0.1) is 0 Å². The van der Waals surface area contributed by atoms with Crippen LogP contribution in [0.2, 0.25) is 0 Å². The van der Waals surface area contributed by atoms with E-state index >= 15 is 0 Å². The van der Waals surface area contributed by atoms with E-state index in [0.717, 1.165) is 5.56 Å². The van der Waals surface area contributed by atoms with Gasteiger partial charge in [0.2, 0.25) is 0 Å². The fourth-order valence-electron chi connectivity index (χ4n) is 1.21. The monoisotopic (exact) mass is 192 g/mol. The fraction of sp³-hybridized carbons (Fsp3) is 0.364. The van der Waals surface area contributed by atoms with Crippen LogP contribution >= 0.6 is 0 Å². The molecule has 0 fully saturated rings. The zero-order valence-corrected chi connectivity index (χ0v) is 8.19. The van der Waals surface area contributed by atoms with Crippen LogP contribution in [0.5, 0.6) is 0 Å². The second-order valence-electron chi connectivity index (χ2n) is 3.34. The second kappa shape index (κ2) is 5.40. The van der Waals surface area contributed by atoms with Gasteiger partial charge in [0.1, 0.15) is 0 Å². The van der Waals surface area contributed by atoms with E-state index < -0.39 is 5.97 Å². The Morgan fingerprint density at radius 3 is 2.64 bits per heavy atom. The summed E-state index contributed by atoms with van der Waals surface area (Å²) in [4.78, 5) is 10.3. The summed E-state index contributed by atoms with van der Waals surface area (Å²) in [5, 5.41) is 13.4. The van der Waals surface area contributed by atoms with Crippen LogP contribution in [0.25, 0.3) is 0 Å². The third-order valence-corrected chi connectivity index (χ3v) is 1.97. The Hall–Kier alpha value is -1.35. The molecule has 3 heteroatoms. The molecule has 14 heavy (non-hydrogen) atoms. The van der Waals surface area contributed by atoms with Gasteiger partial charge < -0.3 is 15.2 Å². The fourth-order valence-corrected chi connectivity index (χ4v) is 1.21. The molecule has 1 rings (SSSR count). The standard InChI is InChI=1S/C11H15NO2/c1-9(7-11(13)14)12-8-10-5-3-2-4-6-10/h2-6,9,12H,7-8H2,1H3,(H,13,14)/p-1. The third-order valence-electron chi connectivity index (χ3n) is 1.97. The number of nitrogens with one attached hydrogen (secondary N) is 1. The van der Waals surface area contributed by atoms with E-state index in [1.165, 1.54) is 0 Å². The summed E-state index contributed by atoms with van der Waals surface area (Å²) in [6, 6.07) is 9.81. The number of carbonyl (C=O) groups excluding carboxylic acids is 1. The summed E-state index contributed by atoms with van der Waals surface area (Å²) in [5.74, 6) is -1.02. The number of rotatable bonds is 5. The lowest BCUT2D eigenvalue weighted by molar-refractivity contribution is -0.306. The molecule has 0 saturated carbocycles. The summed E-state index contributed by atoms with van der Waals surface area (Å²) in [6.45, 7) is 2.52. The molecule has 0 aromatic heterocycles. The first-order chi connectivity index (χ1) is 6.68. The van der Waals surface area contributed by atoms with Gasteiger partial charge in [-0.3, -0.25) is 0 Å². The van der Waals surface area contributed by atoms with Gasteiger partial charge in [-0.25, -0.2) is 0 Å². The predicted molar refractivity (Wildman–Crippen MR) is 52.4 cm³/mol. The normalized spacial score (nSPS) is 12.4. The quantitative estimate of drug-likeness (QED) is 0.730. The van der Waals surface area contributed by atoms with E-state index in [-0.39, 0.29) is 12.5 Å². The molecule has 0 amide bonds. The maximum atomic E-state index is 10.3. The van der Waals surface area contributed by atoms with Gasteiger partial charge in [0.15, 0.2) is 0 Å². The summed E-state index contributed by atoms with van der Waals surface area (Å²) < 4.78 is 0. The lowest BCUT2D eigenvalue weighted by Gasteiger charge is -2.13. The topological polar surface area (TPSA) is 52.2 Å². The first-order valence-electron chi connectivity index (χ1n) is 4.65. The van der Waals surface area contributed by atoms with Crippen molar-refractivity contribution in [3.8, 4) is 0 Å².